The molecule has 2 N–H and O–H groups in total. The average Bonchev–Trinajstić information content (AvgIpc) is 2.60. The number of benzene rings is 2. The number of rotatable bonds is 6. The fourth-order valence-corrected chi connectivity index (χ4v) is 2.90. The second-order valence-corrected chi connectivity index (χ2v) is 6.41. The van der Waals surface area contributed by atoms with E-state index in [1.54, 1.807) is 14.2 Å². The summed E-state index contributed by atoms with van der Waals surface area (Å²) in [7, 11) is 3.25. The third kappa shape index (κ3) is 4.67. The molecule has 0 amide bonds. The number of nitrogens with zero attached hydrogens (tertiary/aromatic N) is 2. The fraction of sp³-hybridized carbons (Fsp3) is 0.238. The molecule has 3 aromatic rings. The molecule has 3 rings (SSSR count). The molecule has 0 saturated heterocycles. The Morgan fingerprint density at radius 2 is 1.52 bits per heavy atom. The van der Waals surface area contributed by atoms with Gasteiger partial charge >= 0.3 is 0 Å². The second-order valence-electron chi connectivity index (χ2n) is 6.41. The number of hydrogen-bond donors (Lipinski definition) is 2. The number of aromatic nitrogens is 2. The van der Waals surface area contributed by atoms with E-state index < -0.39 is 0 Å². The Kier molecular flexibility index (Phi) is 5.45. The van der Waals surface area contributed by atoms with E-state index in [-0.39, 0.29) is 0 Å². The van der Waals surface area contributed by atoms with Crippen LogP contribution in [0.5, 0.6) is 11.5 Å². The summed E-state index contributed by atoms with van der Waals surface area (Å²) in [6, 6.07) is 13.7. The van der Waals surface area contributed by atoms with Gasteiger partial charge in [-0.1, -0.05) is 6.07 Å². The molecular formula is C21H24N4O2. The molecule has 27 heavy (non-hydrogen) atoms. The maximum atomic E-state index is 5.44. The van der Waals surface area contributed by atoms with Crippen LogP contribution in [0.4, 0.5) is 23.1 Å². The van der Waals surface area contributed by atoms with Crippen LogP contribution in [0.15, 0.2) is 42.5 Å². The lowest BCUT2D eigenvalue weighted by atomic mass is 10.1. The summed E-state index contributed by atoms with van der Waals surface area (Å²) in [5, 5.41) is 6.58. The van der Waals surface area contributed by atoms with Crippen molar-refractivity contribution in [2.24, 2.45) is 0 Å². The fourth-order valence-electron chi connectivity index (χ4n) is 2.90. The van der Waals surface area contributed by atoms with Gasteiger partial charge < -0.3 is 20.1 Å². The minimum Gasteiger partial charge on any atom is -0.497 e. The maximum absolute atomic E-state index is 5.44. The zero-order valence-corrected chi connectivity index (χ0v) is 16.3. The molecule has 6 nitrogen and oxygen atoms in total. The molecule has 6 heteroatoms. The molecule has 2 aromatic carbocycles. The third-order valence-electron chi connectivity index (χ3n) is 4.00. The third-order valence-corrected chi connectivity index (χ3v) is 4.00. The van der Waals surface area contributed by atoms with Gasteiger partial charge in [0, 0.05) is 23.5 Å². The number of aryl methyl sites for hydroxylation is 3. The Labute approximate surface area is 159 Å². The standard InChI is InChI=1S/C21H24N4O2/c1-13-8-14(2)10-16(9-13)23-21-22-15(3)11-20(25-21)24-18-7-6-17(26-4)12-19(18)27-5/h6-12H,1-5H3,(H2,22,23,24,25). The summed E-state index contributed by atoms with van der Waals surface area (Å²) in [6.45, 7) is 6.07. The number of ether oxygens (including phenoxy) is 2. The van der Waals surface area contributed by atoms with Crippen LogP contribution in [0.25, 0.3) is 0 Å². The smallest absolute Gasteiger partial charge is 0.229 e. The van der Waals surface area contributed by atoms with E-state index in [2.05, 4.69) is 52.6 Å². The van der Waals surface area contributed by atoms with Crippen LogP contribution < -0.4 is 20.1 Å². The Hall–Kier alpha value is -3.28. The summed E-state index contributed by atoms with van der Waals surface area (Å²) in [4.78, 5) is 9.07. The highest BCUT2D eigenvalue weighted by Crippen LogP contribution is 2.31. The molecule has 0 atom stereocenters. The summed E-state index contributed by atoms with van der Waals surface area (Å²) in [5.41, 5.74) is 4.99. The van der Waals surface area contributed by atoms with E-state index in [0.29, 0.717) is 17.5 Å². The lowest BCUT2D eigenvalue weighted by Gasteiger charge is -2.14. The Morgan fingerprint density at radius 3 is 2.19 bits per heavy atom. The van der Waals surface area contributed by atoms with Crippen LogP contribution in [0.2, 0.25) is 0 Å². The van der Waals surface area contributed by atoms with Gasteiger partial charge in [0.1, 0.15) is 17.3 Å². The van der Waals surface area contributed by atoms with Crippen LogP contribution >= 0.6 is 0 Å². The quantitative estimate of drug-likeness (QED) is 0.648. The predicted octanol–water partition coefficient (Wildman–Crippen LogP) is 4.91. The van der Waals surface area contributed by atoms with Gasteiger partial charge in [-0.15, -0.1) is 0 Å². The van der Waals surface area contributed by atoms with Crippen molar-refractivity contribution < 1.29 is 9.47 Å². The first-order chi connectivity index (χ1) is 13.0. The molecular weight excluding hydrogens is 340 g/mol. The minimum absolute atomic E-state index is 0.537. The Bertz CT molecular complexity index is 937. The molecule has 0 spiro atoms. The molecule has 1 heterocycles. The van der Waals surface area contributed by atoms with Crippen LogP contribution in [0.3, 0.4) is 0 Å². The second kappa shape index (κ2) is 7.95. The first-order valence-electron chi connectivity index (χ1n) is 8.67. The highest BCUT2D eigenvalue weighted by atomic mass is 16.5. The largest absolute Gasteiger partial charge is 0.497 e. The summed E-state index contributed by atoms with van der Waals surface area (Å²) < 4.78 is 10.7. The molecule has 0 radical (unpaired) electrons. The summed E-state index contributed by atoms with van der Waals surface area (Å²) >= 11 is 0. The molecule has 0 bridgehead atoms. The van der Waals surface area contributed by atoms with Crippen molar-refractivity contribution in [3.05, 3.63) is 59.3 Å². The van der Waals surface area contributed by atoms with E-state index in [1.807, 2.05) is 31.2 Å². The molecule has 0 aliphatic rings. The lowest BCUT2D eigenvalue weighted by molar-refractivity contribution is 0.395. The Balaban J connectivity index is 1.87. The number of hydrogen-bond acceptors (Lipinski definition) is 6. The highest BCUT2D eigenvalue weighted by Gasteiger charge is 2.09. The summed E-state index contributed by atoms with van der Waals surface area (Å²) in [6.07, 6.45) is 0. The van der Waals surface area contributed by atoms with Crippen LogP contribution in [-0.4, -0.2) is 24.2 Å². The van der Waals surface area contributed by atoms with E-state index in [0.717, 1.165) is 22.8 Å². The first-order valence-corrected chi connectivity index (χ1v) is 8.67. The van der Waals surface area contributed by atoms with Gasteiger partial charge in [-0.2, -0.15) is 4.98 Å². The SMILES string of the molecule is COc1ccc(Nc2cc(C)nc(Nc3cc(C)cc(C)c3)n2)c(OC)c1. The average molecular weight is 364 g/mol. The van der Waals surface area contributed by atoms with E-state index in [9.17, 15) is 0 Å². The lowest BCUT2D eigenvalue weighted by Crippen LogP contribution is -2.03. The van der Waals surface area contributed by atoms with Crippen LogP contribution in [-0.2, 0) is 0 Å². The van der Waals surface area contributed by atoms with Crippen molar-refractivity contribution in [3.8, 4) is 11.5 Å². The van der Waals surface area contributed by atoms with Gasteiger partial charge in [-0.05, 0) is 56.2 Å². The van der Waals surface area contributed by atoms with Gasteiger partial charge in [0.15, 0.2) is 0 Å². The minimum atomic E-state index is 0.537. The van der Waals surface area contributed by atoms with Gasteiger partial charge in [0.25, 0.3) is 0 Å². The Morgan fingerprint density at radius 1 is 0.778 bits per heavy atom. The molecule has 1 aromatic heterocycles. The van der Waals surface area contributed by atoms with Crippen LogP contribution in [0.1, 0.15) is 16.8 Å². The predicted molar refractivity (Wildman–Crippen MR) is 109 cm³/mol. The molecule has 140 valence electrons. The van der Waals surface area contributed by atoms with E-state index >= 15 is 0 Å². The van der Waals surface area contributed by atoms with Crippen molar-refractivity contribution in [3.63, 3.8) is 0 Å². The topological polar surface area (TPSA) is 68.3 Å². The molecule has 0 fully saturated rings. The summed E-state index contributed by atoms with van der Waals surface area (Å²) in [5.74, 6) is 2.62. The zero-order valence-electron chi connectivity index (χ0n) is 16.3. The molecule has 0 aliphatic heterocycles. The van der Waals surface area contributed by atoms with Gasteiger partial charge in [0.05, 0.1) is 19.9 Å². The highest BCUT2D eigenvalue weighted by molar-refractivity contribution is 5.67. The molecule has 0 aliphatic carbocycles. The van der Waals surface area contributed by atoms with E-state index in [4.69, 9.17) is 9.47 Å². The number of methoxy groups -OCH3 is 2. The van der Waals surface area contributed by atoms with Gasteiger partial charge in [-0.25, -0.2) is 4.98 Å². The van der Waals surface area contributed by atoms with Crippen molar-refractivity contribution in [1.29, 1.82) is 0 Å². The first kappa shape index (κ1) is 18.5. The van der Waals surface area contributed by atoms with Crippen LogP contribution in [0, 0.1) is 20.8 Å². The zero-order chi connectivity index (χ0) is 19.4. The van der Waals surface area contributed by atoms with Gasteiger partial charge in [-0.3, -0.25) is 0 Å². The number of nitrogens with one attached hydrogen (secondary N) is 2. The maximum Gasteiger partial charge on any atom is 0.229 e. The van der Waals surface area contributed by atoms with Crippen molar-refractivity contribution in [1.82, 2.24) is 9.97 Å². The van der Waals surface area contributed by atoms with Crippen molar-refractivity contribution >= 4 is 23.1 Å². The van der Waals surface area contributed by atoms with Crippen molar-refractivity contribution in [2.45, 2.75) is 20.8 Å². The molecule has 0 unspecified atom stereocenters. The monoisotopic (exact) mass is 364 g/mol. The van der Waals surface area contributed by atoms with Gasteiger partial charge in [0.2, 0.25) is 5.95 Å². The molecule has 0 saturated carbocycles. The van der Waals surface area contributed by atoms with E-state index in [1.165, 1.54) is 11.1 Å². The van der Waals surface area contributed by atoms with Crippen molar-refractivity contribution in [2.75, 3.05) is 24.9 Å². The normalized spacial score (nSPS) is 10.4. The number of anilines is 4.